The Kier molecular flexibility index (Phi) is 5.73. The summed E-state index contributed by atoms with van der Waals surface area (Å²) in [4.78, 5) is 24.4. The van der Waals surface area contributed by atoms with E-state index in [9.17, 15) is 9.59 Å². The fraction of sp³-hybridized carbons (Fsp3) is 0.444. The average Bonchev–Trinajstić information content (AvgIpc) is 2.83. The molecule has 0 radical (unpaired) electrons. The smallest absolute Gasteiger partial charge is 0.258 e. The molecule has 0 bridgehead atoms. The molecule has 2 amide bonds. The molecule has 0 aromatic heterocycles. The summed E-state index contributed by atoms with van der Waals surface area (Å²) in [7, 11) is 0. The molecule has 21 heavy (non-hydrogen) atoms. The van der Waals surface area contributed by atoms with Gasteiger partial charge in [0.25, 0.3) is 11.8 Å². The molecule has 0 fully saturated rings. The minimum Gasteiger partial charge on any atom is -0.269 e. The molecule has 1 aliphatic heterocycles. The summed E-state index contributed by atoms with van der Waals surface area (Å²) in [5.74, 6) is -0.521. The van der Waals surface area contributed by atoms with Gasteiger partial charge in [-0.1, -0.05) is 51.2 Å². The highest BCUT2D eigenvalue weighted by Gasteiger charge is 2.24. The van der Waals surface area contributed by atoms with E-state index in [-0.39, 0.29) is 11.8 Å². The fourth-order valence-electron chi connectivity index (χ4n) is 2.58. The van der Waals surface area contributed by atoms with Gasteiger partial charge in [-0.25, -0.2) is 4.90 Å². The number of hydrogen-bond acceptors (Lipinski definition) is 2. The second-order valence-corrected chi connectivity index (χ2v) is 5.53. The fourth-order valence-corrected chi connectivity index (χ4v) is 2.58. The largest absolute Gasteiger partial charge is 0.269 e. The van der Waals surface area contributed by atoms with Crippen LogP contribution in [0.5, 0.6) is 0 Å². The van der Waals surface area contributed by atoms with Crippen molar-refractivity contribution in [3.63, 3.8) is 0 Å². The van der Waals surface area contributed by atoms with Crippen molar-refractivity contribution in [2.45, 2.75) is 51.9 Å². The standard InChI is InChI=1S/C18H23NO2/c1-2-3-4-5-6-7-8-15-9-11-16(12-10-15)19-17(20)13-14-18(19)21/h9-14H,2-8H2,1H3. The Morgan fingerprint density at radius 3 is 2.00 bits per heavy atom. The zero-order valence-electron chi connectivity index (χ0n) is 12.7. The lowest BCUT2D eigenvalue weighted by molar-refractivity contribution is -0.119. The van der Waals surface area contributed by atoms with E-state index in [1.54, 1.807) is 0 Å². The second-order valence-electron chi connectivity index (χ2n) is 5.53. The van der Waals surface area contributed by atoms with Gasteiger partial charge in [-0.15, -0.1) is 0 Å². The van der Waals surface area contributed by atoms with Crippen LogP contribution in [0, 0.1) is 0 Å². The number of hydrogen-bond donors (Lipinski definition) is 0. The van der Waals surface area contributed by atoms with E-state index in [1.165, 1.54) is 61.1 Å². The van der Waals surface area contributed by atoms with Crippen LogP contribution in [0.15, 0.2) is 36.4 Å². The third-order valence-corrected chi connectivity index (χ3v) is 3.82. The van der Waals surface area contributed by atoms with Gasteiger partial charge in [-0.3, -0.25) is 9.59 Å². The lowest BCUT2D eigenvalue weighted by Gasteiger charge is -2.14. The predicted octanol–water partition coefficient (Wildman–Crippen LogP) is 4.02. The molecular weight excluding hydrogens is 262 g/mol. The Hall–Kier alpha value is -1.90. The van der Waals surface area contributed by atoms with Crippen molar-refractivity contribution >= 4 is 17.5 Å². The first-order valence-electron chi connectivity index (χ1n) is 7.87. The van der Waals surface area contributed by atoms with Crippen LogP contribution >= 0.6 is 0 Å². The third-order valence-electron chi connectivity index (χ3n) is 3.82. The quantitative estimate of drug-likeness (QED) is 0.534. The van der Waals surface area contributed by atoms with Gasteiger partial charge >= 0.3 is 0 Å². The molecule has 1 aromatic carbocycles. The maximum absolute atomic E-state index is 11.6. The maximum Gasteiger partial charge on any atom is 0.258 e. The summed E-state index contributed by atoms with van der Waals surface area (Å²) in [5.41, 5.74) is 1.92. The van der Waals surface area contributed by atoms with Gasteiger partial charge in [0.15, 0.2) is 0 Å². The van der Waals surface area contributed by atoms with Gasteiger partial charge in [-0.2, -0.15) is 0 Å². The first-order chi connectivity index (χ1) is 10.2. The van der Waals surface area contributed by atoms with E-state index in [0.717, 1.165) is 6.42 Å². The maximum atomic E-state index is 11.6. The molecule has 1 aliphatic rings. The predicted molar refractivity (Wildman–Crippen MR) is 85.2 cm³/mol. The Bertz CT molecular complexity index is 499. The first-order valence-corrected chi connectivity index (χ1v) is 7.87. The zero-order valence-corrected chi connectivity index (χ0v) is 12.7. The van der Waals surface area contributed by atoms with Crippen molar-refractivity contribution in [1.29, 1.82) is 0 Å². The zero-order chi connectivity index (χ0) is 15.1. The van der Waals surface area contributed by atoms with Crippen LogP contribution < -0.4 is 4.90 Å². The van der Waals surface area contributed by atoms with Crippen LogP contribution in [0.3, 0.4) is 0 Å². The molecule has 3 heteroatoms. The van der Waals surface area contributed by atoms with Gasteiger partial charge in [-0.05, 0) is 30.5 Å². The lowest BCUT2D eigenvalue weighted by Crippen LogP contribution is -2.29. The van der Waals surface area contributed by atoms with E-state index in [4.69, 9.17) is 0 Å². The van der Waals surface area contributed by atoms with Gasteiger partial charge < -0.3 is 0 Å². The number of aryl methyl sites for hydroxylation is 1. The average molecular weight is 285 g/mol. The van der Waals surface area contributed by atoms with Gasteiger partial charge in [0.05, 0.1) is 5.69 Å². The first kappa shape index (κ1) is 15.5. The number of nitrogens with zero attached hydrogens (tertiary/aromatic N) is 1. The van der Waals surface area contributed by atoms with Crippen molar-refractivity contribution in [2.75, 3.05) is 4.90 Å². The van der Waals surface area contributed by atoms with Gasteiger partial charge in [0.2, 0.25) is 0 Å². The van der Waals surface area contributed by atoms with E-state index < -0.39 is 0 Å². The summed E-state index contributed by atoms with van der Waals surface area (Å²) < 4.78 is 0. The normalized spacial score (nSPS) is 14.2. The molecule has 0 spiro atoms. The Morgan fingerprint density at radius 2 is 1.38 bits per heavy atom. The molecule has 1 aromatic rings. The minimum absolute atomic E-state index is 0.260. The van der Waals surface area contributed by atoms with Crippen LogP contribution in [-0.2, 0) is 16.0 Å². The number of carbonyl (C=O) groups is 2. The number of carbonyl (C=O) groups excluding carboxylic acids is 2. The molecule has 3 nitrogen and oxygen atoms in total. The monoisotopic (exact) mass is 285 g/mol. The number of anilines is 1. The Morgan fingerprint density at radius 1 is 0.810 bits per heavy atom. The molecule has 0 saturated heterocycles. The van der Waals surface area contributed by atoms with Crippen LogP contribution in [0.25, 0.3) is 0 Å². The van der Waals surface area contributed by atoms with Crippen molar-refractivity contribution in [3.05, 3.63) is 42.0 Å². The molecule has 2 rings (SSSR count). The van der Waals surface area contributed by atoms with Crippen molar-refractivity contribution < 1.29 is 9.59 Å². The summed E-state index contributed by atoms with van der Waals surface area (Å²) in [6.07, 6.45) is 11.4. The Labute approximate surface area is 126 Å². The van der Waals surface area contributed by atoms with Gasteiger partial charge in [0, 0.05) is 12.2 Å². The van der Waals surface area contributed by atoms with E-state index in [1.807, 2.05) is 24.3 Å². The van der Waals surface area contributed by atoms with E-state index >= 15 is 0 Å². The van der Waals surface area contributed by atoms with E-state index in [0.29, 0.717) is 5.69 Å². The summed E-state index contributed by atoms with van der Waals surface area (Å²) in [5, 5.41) is 0. The highest BCUT2D eigenvalue weighted by Crippen LogP contribution is 2.20. The number of unbranched alkanes of at least 4 members (excludes halogenated alkanes) is 5. The highest BCUT2D eigenvalue weighted by molar-refractivity contribution is 6.28. The van der Waals surface area contributed by atoms with Crippen LogP contribution in [0.4, 0.5) is 5.69 Å². The van der Waals surface area contributed by atoms with Crippen molar-refractivity contribution in [2.24, 2.45) is 0 Å². The highest BCUT2D eigenvalue weighted by atomic mass is 16.2. The number of amides is 2. The van der Waals surface area contributed by atoms with Crippen LogP contribution in [0.2, 0.25) is 0 Å². The summed E-state index contributed by atoms with van der Waals surface area (Å²) in [6, 6.07) is 7.74. The van der Waals surface area contributed by atoms with Gasteiger partial charge in [0.1, 0.15) is 0 Å². The molecule has 0 aliphatic carbocycles. The molecule has 0 atom stereocenters. The minimum atomic E-state index is -0.260. The number of rotatable bonds is 8. The molecule has 0 N–H and O–H groups in total. The third kappa shape index (κ3) is 4.28. The molecule has 112 valence electrons. The molecule has 1 heterocycles. The van der Waals surface area contributed by atoms with E-state index in [2.05, 4.69) is 6.92 Å². The molecular formula is C18H23NO2. The van der Waals surface area contributed by atoms with Crippen molar-refractivity contribution in [3.8, 4) is 0 Å². The lowest BCUT2D eigenvalue weighted by atomic mass is 10.0. The molecule has 0 unspecified atom stereocenters. The second kappa shape index (κ2) is 7.77. The SMILES string of the molecule is CCCCCCCCc1ccc(N2C(=O)C=CC2=O)cc1. The Balaban J connectivity index is 1.80. The van der Waals surface area contributed by atoms with Crippen LogP contribution in [-0.4, -0.2) is 11.8 Å². The topological polar surface area (TPSA) is 37.4 Å². The molecule has 0 saturated carbocycles. The number of imide groups is 1. The number of benzene rings is 1. The summed E-state index contributed by atoms with van der Waals surface area (Å²) >= 11 is 0. The summed E-state index contributed by atoms with van der Waals surface area (Å²) in [6.45, 7) is 2.23. The van der Waals surface area contributed by atoms with Crippen LogP contribution in [0.1, 0.15) is 51.0 Å². The van der Waals surface area contributed by atoms with Crippen molar-refractivity contribution in [1.82, 2.24) is 0 Å².